The van der Waals surface area contributed by atoms with Gasteiger partial charge in [0.2, 0.25) is 0 Å². The first-order valence-electron chi connectivity index (χ1n) is 7.73. The topological polar surface area (TPSA) is 12.0 Å². The summed E-state index contributed by atoms with van der Waals surface area (Å²) in [5.41, 5.74) is 1.23. The van der Waals surface area contributed by atoms with Gasteiger partial charge in [-0.2, -0.15) is 0 Å². The predicted molar refractivity (Wildman–Crippen MR) is 83.8 cm³/mol. The van der Waals surface area contributed by atoms with Crippen molar-refractivity contribution in [3.63, 3.8) is 0 Å². The van der Waals surface area contributed by atoms with Crippen molar-refractivity contribution in [2.24, 2.45) is 5.41 Å². The number of nitrogens with one attached hydrogen (secondary N) is 1. The predicted octanol–water partition coefficient (Wildman–Crippen LogP) is 4.97. The Morgan fingerprint density at radius 1 is 1.35 bits per heavy atom. The fourth-order valence-corrected chi connectivity index (χ4v) is 3.54. The van der Waals surface area contributed by atoms with Crippen LogP contribution in [0.5, 0.6) is 0 Å². The summed E-state index contributed by atoms with van der Waals surface area (Å²) in [4.78, 5) is 0. The zero-order chi connectivity index (χ0) is 14.6. The maximum atomic E-state index is 13.6. The molecule has 0 spiro atoms. The highest BCUT2D eigenvalue weighted by molar-refractivity contribution is 6.31. The summed E-state index contributed by atoms with van der Waals surface area (Å²) < 4.78 is 13.6. The van der Waals surface area contributed by atoms with E-state index in [2.05, 4.69) is 19.2 Å². The molecule has 1 aliphatic rings. The van der Waals surface area contributed by atoms with Crippen molar-refractivity contribution in [1.82, 2.24) is 5.32 Å². The third kappa shape index (κ3) is 3.53. The highest BCUT2D eigenvalue weighted by atomic mass is 35.5. The first-order valence-corrected chi connectivity index (χ1v) is 8.11. The number of rotatable bonds is 6. The molecule has 1 saturated carbocycles. The van der Waals surface area contributed by atoms with Gasteiger partial charge in [-0.25, -0.2) is 4.39 Å². The third-order valence-corrected chi connectivity index (χ3v) is 5.11. The summed E-state index contributed by atoms with van der Waals surface area (Å²) in [6.45, 7) is 5.55. The summed E-state index contributed by atoms with van der Waals surface area (Å²) >= 11 is 6.12. The van der Waals surface area contributed by atoms with Crippen LogP contribution in [0.25, 0.3) is 0 Å². The zero-order valence-corrected chi connectivity index (χ0v) is 13.3. The molecular formula is C17H25ClFN. The lowest BCUT2D eigenvalue weighted by Crippen LogP contribution is -2.44. The van der Waals surface area contributed by atoms with Crippen LogP contribution in [0.1, 0.15) is 51.5 Å². The van der Waals surface area contributed by atoms with E-state index in [0.29, 0.717) is 11.5 Å². The number of halogens is 2. The van der Waals surface area contributed by atoms with E-state index in [-0.39, 0.29) is 10.8 Å². The van der Waals surface area contributed by atoms with E-state index in [0.717, 1.165) is 24.9 Å². The van der Waals surface area contributed by atoms with Crippen molar-refractivity contribution in [3.05, 3.63) is 34.6 Å². The third-order valence-electron chi connectivity index (χ3n) is 4.68. The van der Waals surface area contributed by atoms with Gasteiger partial charge in [0, 0.05) is 6.04 Å². The average Bonchev–Trinajstić information content (AvgIpc) is 2.87. The van der Waals surface area contributed by atoms with Crippen LogP contribution in [-0.4, -0.2) is 12.6 Å². The van der Waals surface area contributed by atoms with Crippen LogP contribution < -0.4 is 5.32 Å². The molecule has 0 heterocycles. The molecule has 2 rings (SSSR count). The fourth-order valence-electron chi connectivity index (χ4n) is 3.34. The zero-order valence-electron chi connectivity index (χ0n) is 12.5. The highest BCUT2D eigenvalue weighted by Crippen LogP contribution is 2.42. The lowest BCUT2D eigenvalue weighted by molar-refractivity contribution is 0.219. The molecule has 1 aromatic rings. The normalized spacial score (nSPS) is 19.2. The Labute approximate surface area is 126 Å². The SMILES string of the molecule is CCCNC(Cc1cccc(F)c1Cl)C1(C)CCCC1. The van der Waals surface area contributed by atoms with Gasteiger partial charge >= 0.3 is 0 Å². The molecule has 1 fully saturated rings. The molecule has 0 aromatic heterocycles. The molecule has 0 aliphatic heterocycles. The van der Waals surface area contributed by atoms with Crippen molar-refractivity contribution in [1.29, 1.82) is 0 Å². The second-order valence-electron chi connectivity index (χ2n) is 6.28. The molecule has 1 aromatic carbocycles. The Morgan fingerprint density at radius 3 is 2.70 bits per heavy atom. The molecule has 0 bridgehead atoms. The van der Waals surface area contributed by atoms with Crippen LogP contribution in [0.3, 0.4) is 0 Å². The molecule has 1 atom stereocenters. The molecule has 20 heavy (non-hydrogen) atoms. The van der Waals surface area contributed by atoms with Gasteiger partial charge in [0.15, 0.2) is 0 Å². The van der Waals surface area contributed by atoms with E-state index >= 15 is 0 Å². The minimum Gasteiger partial charge on any atom is -0.313 e. The first kappa shape index (κ1) is 15.8. The van der Waals surface area contributed by atoms with Gasteiger partial charge in [-0.3, -0.25) is 0 Å². The quantitative estimate of drug-likeness (QED) is 0.781. The number of hydrogen-bond donors (Lipinski definition) is 1. The van der Waals surface area contributed by atoms with Crippen molar-refractivity contribution in [2.45, 2.75) is 58.4 Å². The molecular weight excluding hydrogens is 273 g/mol. The standard InChI is InChI=1S/C17H25ClFN/c1-3-11-20-15(17(2)9-4-5-10-17)12-13-7-6-8-14(19)16(13)18/h6-8,15,20H,3-5,9-12H2,1-2H3. The minimum atomic E-state index is -0.310. The highest BCUT2D eigenvalue weighted by Gasteiger charge is 2.36. The summed E-state index contributed by atoms with van der Waals surface area (Å²) in [6, 6.07) is 5.51. The Balaban J connectivity index is 2.16. The molecule has 0 amide bonds. The van der Waals surface area contributed by atoms with E-state index in [1.165, 1.54) is 31.7 Å². The monoisotopic (exact) mass is 297 g/mol. The van der Waals surface area contributed by atoms with Crippen molar-refractivity contribution < 1.29 is 4.39 Å². The first-order chi connectivity index (χ1) is 9.57. The lowest BCUT2D eigenvalue weighted by atomic mass is 9.77. The number of benzene rings is 1. The molecule has 1 nitrogen and oxygen atoms in total. The van der Waals surface area contributed by atoms with Crippen LogP contribution in [0.2, 0.25) is 5.02 Å². The van der Waals surface area contributed by atoms with Crippen molar-refractivity contribution in [2.75, 3.05) is 6.54 Å². The molecule has 1 aliphatic carbocycles. The van der Waals surface area contributed by atoms with Crippen molar-refractivity contribution in [3.8, 4) is 0 Å². The van der Waals surface area contributed by atoms with E-state index in [1.54, 1.807) is 6.07 Å². The Bertz CT molecular complexity index is 441. The Morgan fingerprint density at radius 2 is 2.05 bits per heavy atom. The second-order valence-corrected chi connectivity index (χ2v) is 6.66. The molecule has 1 N–H and O–H groups in total. The van der Waals surface area contributed by atoms with Gasteiger partial charge in [0.05, 0.1) is 5.02 Å². The van der Waals surface area contributed by atoms with Gasteiger partial charge in [-0.1, -0.05) is 50.4 Å². The second kappa shape index (κ2) is 6.91. The summed E-state index contributed by atoms with van der Waals surface area (Å²) in [6.07, 6.45) is 7.04. The summed E-state index contributed by atoms with van der Waals surface area (Å²) in [5.74, 6) is -0.310. The smallest absolute Gasteiger partial charge is 0.142 e. The van der Waals surface area contributed by atoms with E-state index < -0.39 is 0 Å². The largest absolute Gasteiger partial charge is 0.313 e. The lowest BCUT2D eigenvalue weighted by Gasteiger charge is -2.35. The van der Waals surface area contributed by atoms with Gasteiger partial charge in [0.1, 0.15) is 5.82 Å². The summed E-state index contributed by atoms with van der Waals surface area (Å²) in [5, 5.41) is 3.96. The fraction of sp³-hybridized carbons (Fsp3) is 0.647. The molecule has 0 saturated heterocycles. The van der Waals surface area contributed by atoms with Crippen LogP contribution in [-0.2, 0) is 6.42 Å². The number of hydrogen-bond acceptors (Lipinski definition) is 1. The van der Waals surface area contributed by atoms with Gasteiger partial charge < -0.3 is 5.32 Å². The van der Waals surface area contributed by atoms with E-state index in [4.69, 9.17) is 11.6 Å². The molecule has 0 radical (unpaired) electrons. The van der Waals surface area contributed by atoms with Crippen molar-refractivity contribution >= 4 is 11.6 Å². The maximum absolute atomic E-state index is 13.6. The van der Waals surface area contributed by atoms with Gasteiger partial charge in [0.25, 0.3) is 0 Å². The van der Waals surface area contributed by atoms with Crippen LogP contribution in [0.4, 0.5) is 4.39 Å². The van der Waals surface area contributed by atoms with Crippen LogP contribution in [0, 0.1) is 11.2 Å². The van der Waals surface area contributed by atoms with E-state index in [1.807, 2.05) is 6.07 Å². The molecule has 3 heteroatoms. The van der Waals surface area contributed by atoms with Gasteiger partial charge in [-0.15, -0.1) is 0 Å². The average molecular weight is 298 g/mol. The van der Waals surface area contributed by atoms with E-state index in [9.17, 15) is 4.39 Å². The summed E-state index contributed by atoms with van der Waals surface area (Å²) in [7, 11) is 0. The Kier molecular flexibility index (Phi) is 5.45. The van der Waals surface area contributed by atoms with Crippen LogP contribution >= 0.6 is 11.6 Å². The minimum absolute atomic E-state index is 0.289. The molecule has 112 valence electrons. The molecule has 1 unspecified atom stereocenters. The maximum Gasteiger partial charge on any atom is 0.142 e. The van der Waals surface area contributed by atoms with Crippen LogP contribution in [0.15, 0.2) is 18.2 Å². The Hall–Kier alpha value is -0.600. The van der Waals surface area contributed by atoms with Gasteiger partial charge in [-0.05, 0) is 49.3 Å².